The van der Waals surface area contributed by atoms with Crippen molar-refractivity contribution in [3.63, 3.8) is 0 Å². The van der Waals surface area contributed by atoms with Crippen molar-refractivity contribution in [3.8, 4) is 11.6 Å². The average Bonchev–Trinajstić information content (AvgIpc) is 3.55. The predicted octanol–water partition coefficient (Wildman–Crippen LogP) is 2.97. The van der Waals surface area contributed by atoms with Crippen molar-refractivity contribution in [2.24, 2.45) is 0 Å². The minimum atomic E-state index is -0.786. The third kappa shape index (κ3) is 5.89. The summed E-state index contributed by atoms with van der Waals surface area (Å²) < 4.78 is 11.4. The first kappa shape index (κ1) is 24.1. The van der Waals surface area contributed by atoms with E-state index >= 15 is 0 Å². The van der Waals surface area contributed by atoms with Gasteiger partial charge in [0.2, 0.25) is 17.6 Å². The molecule has 1 N–H and O–H groups in total. The number of hydrogen-bond donors (Lipinski definition) is 1. The molecular weight excluding hydrogens is 456 g/mol. The Morgan fingerprint density at radius 1 is 1.32 bits per heavy atom. The van der Waals surface area contributed by atoms with Gasteiger partial charge in [0.05, 0.1) is 6.10 Å². The number of amides is 2. The van der Waals surface area contributed by atoms with Gasteiger partial charge in [-0.05, 0) is 69.3 Å². The second-order valence-corrected chi connectivity index (χ2v) is 10.4. The van der Waals surface area contributed by atoms with E-state index in [0.717, 1.165) is 23.5 Å². The number of carbonyl (C=O) groups excluding carboxylic acids is 2. The van der Waals surface area contributed by atoms with Gasteiger partial charge in [-0.2, -0.15) is 4.80 Å². The molecule has 0 spiro atoms. The van der Waals surface area contributed by atoms with Crippen LogP contribution in [0.5, 0.6) is 0 Å². The summed E-state index contributed by atoms with van der Waals surface area (Å²) in [6.45, 7) is 8.37. The van der Waals surface area contributed by atoms with E-state index in [1.807, 2.05) is 51.3 Å². The third-order valence-corrected chi connectivity index (χ3v) is 6.23. The Balaban J connectivity index is 1.60. The van der Waals surface area contributed by atoms with Gasteiger partial charge in [-0.15, -0.1) is 21.5 Å². The summed E-state index contributed by atoms with van der Waals surface area (Å²) in [7, 11) is 0. The van der Waals surface area contributed by atoms with Crippen molar-refractivity contribution in [2.75, 3.05) is 13.2 Å². The molecule has 0 unspecified atom stereocenters. The highest BCUT2D eigenvalue weighted by Gasteiger charge is 2.36. The summed E-state index contributed by atoms with van der Waals surface area (Å²) in [6, 6.07) is 6.53. The minimum absolute atomic E-state index is 0.126. The molecule has 0 saturated carbocycles. The molecule has 2 amide bonds. The van der Waals surface area contributed by atoms with E-state index in [2.05, 4.69) is 20.7 Å². The molecule has 4 rings (SSSR count). The van der Waals surface area contributed by atoms with Crippen LogP contribution in [0.4, 0.5) is 0 Å². The first-order valence-electron chi connectivity index (χ1n) is 11.3. The number of nitrogens with one attached hydrogen (secondary N) is 1. The van der Waals surface area contributed by atoms with Gasteiger partial charge < -0.3 is 19.4 Å². The van der Waals surface area contributed by atoms with Crippen LogP contribution in [-0.4, -0.2) is 61.7 Å². The quantitative estimate of drug-likeness (QED) is 0.520. The van der Waals surface area contributed by atoms with Crippen LogP contribution in [0.25, 0.3) is 11.6 Å². The summed E-state index contributed by atoms with van der Waals surface area (Å²) in [5.74, 6) is 0.978. The molecule has 182 valence electrons. The summed E-state index contributed by atoms with van der Waals surface area (Å²) in [4.78, 5) is 30.6. The van der Waals surface area contributed by atoms with E-state index in [1.54, 1.807) is 11.0 Å². The number of aryl methyl sites for hydroxylation is 1. The van der Waals surface area contributed by atoms with Gasteiger partial charge in [0, 0.05) is 23.6 Å². The molecule has 0 aliphatic carbocycles. The summed E-state index contributed by atoms with van der Waals surface area (Å²) >= 11 is 1.44. The molecule has 1 aliphatic heterocycles. The van der Waals surface area contributed by atoms with Crippen molar-refractivity contribution in [3.05, 3.63) is 40.3 Å². The summed E-state index contributed by atoms with van der Waals surface area (Å²) in [5.41, 5.74) is -0.450. The Kier molecular flexibility index (Phi) is 7.13. The topological polar surface area (TPSA) is 115 Å². The van der Waals surface area contributed by atoms with Crippen molar-refractivity contribution in [1.82, 2.24) is 30.4 Å². The van der Waals surface area contributed by atoms with Gasteiger partial charge in [0.25, 0.3) is 0 Å². The maximum Gasteiger partial charge on any atom is 0.248 e. The van der Waals surface area contributed by atoms with Crippen molar-refractivity contribution in [1.29, 1.82) is 0 Å². The molecule has 3 aromatic rings. The SMILES string of the molecule is Cc1ccc(-c2nnn(CC(=O)N(C[C@@H]3CCCO3)[C@H](C(=O)NC(C)(C)C)c3cccs3)n2)o1. The lowest BCUT2D eigenvalue weighted by molar-refractivity contribution is -0.144. The molecule has 1 fully saturated rings. The molecule has 2 atom stereocenters. The number of ether oxygens (including phenoxy) is 1. The molecule has 0 bridgehead atoms. The Morgan fingerprint density at radius 3 is 2.76 bits per heavy atom. The second-order valence-electron chi connectivity index (χ2n) is 9.39. The van der Waals surface area contributed by atoms with E-state index in [-0.39, 0.29) is 24.5 Å². The molecule has 1 aliphatic rings. The normalized spacial score (nSPS) is 17.0. The lowest BCUT2D eigenvalue weighted by atomic mass is 10.1. The Bertz CT molecular complexity index is 1110. The molecule has 3 aromatic heterocycles. The lowest BCUT2D eigenvalue weighted by Gasteiger charge is -2.34. The van der Waals surface area contributed by atoms with Crippen LogP contribution in [-0.2, 0) is 20.9 Å². The predicted molar refractivity (Wildman–Crippen MR) is 126 cm³/mol. The van der Waals surface area contributed by atoms with Gasteiger partial charge in [-0.1, -0.05) is 6.07 Å². The largest absolute Gasteiger partial charge is 0.458 e. The van der Waals surface area contributed by atoms with E-state index in [4.69, 9.17) is 9.15 Å². The van der Waals surface area contributed by atoms with E-state index in [0.29, 0.717) is 24.7 Å². The zero-order valence-electron chi connectivity index (χ0n) is 19.9. The van der Waals surface area contributed by atoms with Crippen LogP contribution in [0.2, 0.25) is 0 Å². The number of tetrazole rings is 1. The standard InChI is InChI=1S/C23H30N6O4S/c1-15-9-10-17(33-15)21-25-27-29(26-21)14-19(30)28(13-16-7-5-11-32-16)20(18-8-6-12-34-18)22(31)24-23(2,3)4/h6,8-10,12,16,20H,5,7,11,13-14H2,1-4H3,(H,24,31)/t16-,20-/m0/s1. The van der Waals surface area contributed by atoms with Crippen LogP contribution in [0.3, 0.4) is 0 Å². The zero-order chi connectivity index (χ0) is 24.3. The van der Waals surface area contributed by atoms with E-state index < -0.39 is 11.6 Å². The monoisotopic (exact) mass is 486 g/mol. The second kappa shape index (κ2) is 10.1. The van der Waals surface area contributed by atoms with E-state index in [1.165, 1.54) is 16.1 Å². The molecule has 11 heteroatoms. The van der Waals surface area contributed by atoms with Gasteiger partial charge in [-0.3, -0.25) is 9.59 Å². The minimum Gasteiger partial charge on any atom is -0.458 e. The van der Waals surface area contributed by atoms with E-state index in [9.17, 15) is 9.59 Å². The average molecular weight is 487 g/mol. The number of nitrogens with zero attached hydrogens (tertiary/aromatic N) is 5. The fourth-order valence-corrected chi connectivity index (χ4v) is 4.68. The number of rotatable bonds is 8. The third-order valence-electron chi connectivity index (χ3n) is 5.31. The Labute approximate surface area is 202 Å². The van der Waals surface area contributed by atoms with Gasteiger partial charge in [-0.25, -0.2) is 0 Å². The van der Waals surface area contributed by atoms with Crippen LogP contribution in [0.1, 0.15) is 50.3 Å². The molecule has 0 radical (unpaired) electrons. The van der Waals surface area contributed by atoms with Crippen LogP contribution in [0.15, 0.2) is 34.1 Å². The van der Waals surface area contributed by atoms with Gasteiger partial charge in [0.15, 0.2) is 5.76 Å². The van der Waals surface area contributed by atoms with Gasteiger partial charge >= 0.3 is 0 Å². The Hall–Kier alpha value is -3.05. The first-order chi connectivity index (χ1) is 16.2. The number of thiophene rings is 1. The van der Waals surface area contributed by atoms with Crippen molar-refractivity contribution in [2.45, 2.75) is 64.8 Å². The van der Waals surface area contributed by atoms with Crippen molar-refractivity contribution >= 4 is 23.2 Å². The zero-order valence-corrected chi connectivity index (χ0v) is 20.7. The smallest absolute Gasteiger partial charge is 0.248 e. The Morgan fingerprint density at radius 2 is 2.15 bits per heavy atom. The molecule has 10 nitrogen and oxygen atoms in total. The maximum absolute atomic E-state index is 13.6. The molecule has 0 aromatic carbocycles. The van der Waals surface area contributed by atoms with Crippen LogP contribution >= 0.6 is 11.3 Å². The first-order valence-corrected chi connectivity index (χ1v) is 12.2. The molecular formula is C23H30N6O4S. The molecule has 1 saturated heterocycles. The summed E-state index contributed by atoms with van der Waals surface area (Å²) in [5, 5.41) is 17.3. The highest BCUT2D eigenvalue weighted by atomic mass is 32.1. The number of hydrogen-bond acceptors (Lipinski definition) is 8. The van der Waals surface area contributed by atoms with Gasteiger partial charge in [0.1, 0.15) is 18.3 Å². The molecule has 4 heterocycles. The number of carbonyl (C=O) groups is 2. The fourth-order valence-electron chi connectivity index (χ4n) is 3.84. The lowest BCUT2D eigenvalue weighted by Crippen LogP contribution is -2.51. The fraction of sp³-hybridized carbons (Fsp3) is 0.522. The number of furan rings is 1. The maximum atomic E-state index is 13.6. The van der Waals surface area contributed by atoms with Crippen molar-refractivity contribution < 1.29 is 18.7 Å². The highest BCUT2D eigenvalue weighted by molar-refractivity contribution is 7.10. The van der Waals surface area contributed by atoms with Crippen LogP contribution < -0.4 is 5.32 Å². The van der Waals surface area contributed by atoms with Crippen LogP contribution in [0, 0.1) is 6.92 Å². The number of aromatic nitrogens is 4. The molecule has 34 heavy (non-hydrogen) atoms. The summed E-state index contributed by atoms with van der Waals surface area (Å²) in [6.07, 6.45) is 1.64. The highest BCUT2D eigenvalue weighted by Crippen LogP contribution is 2.29.